The molecule has 1 aliphatic heterocycles. The van der Waals surface area contributed by atoms with Crippen LogP contribution in [0.15, 0.2) is 54.6 Å². The first-order valence-electron chi connectivity index (χ1n) is 10.8. The van der Waals surface area contributed by atoms with Crippen LogP contribution >= 0.6 is 0 Å². The Morgan fingerprint density at radius 1 is 1.06 bits per heavy atom. The minimum absolute atomic E-state index is 0.135. The van der Waals surface area contributed by atoms with E-state index in [1.807, 2.05) is 20.2 Å². The molecule has 2 N–H and O–H groups in total. The number of piperazine rings is 1. The Morgan fingerprint density at radius 2 is 1.71 bits per heavy atom. The summed E-state index contributed by atoms with van der Waals surface area (Å²) in [5.74, 6) is -0.721. The number of ether oxygens (including phenoxy) is 1. The van der Waals surface area contributed by atoms with Gasteiger partial charge in [-0.2, -0.15) is 0 Å². The Morgan fingerprint density at radius 3 is 2.29 bits per heavy atom. The van der Waals surface area contributed by atoms with E-state index in [1.54, 1.807) is 0 Å². The fourth-order valence-electron chi connectivity index (χ4n) is 3.98. The number of quaternary nitrogens is 1. The van der Waals surface area contributed by atoms with Crippen molar-refractivity contribution in [2.75, 3.05) is 63.2 Å². The molecule has 2 aromatic carbocycles. The average molecular weight is 426 g/mol. The van der Waals surface area contributed by atoms with E-state index in [2.05, 4.69) is 63.6 Å². The lowest BCUT2D eigenvalue weighted by molar-refractivity contribution is -0.931. The first kappa shape index (κ1) is 22.6. The van der Waals surface area contributed by atoms with Crippen molar-refractivity contribution < 1.29 is 19.2 Å². The SMILES string of the molecule is CC(=O)OCC(=O)NC[C@@H](c1ccc(N(C)C)cc1)[NH+]1CCN(c2ccccc2)CC1. The molecule has 0 radical (unpaired) electrons. The quantitative estimate of drug-likeness (QED) is 0.615. The number of rotatable bonds is 8. The number of para-hydroxylation sites is 1. The van der Waals surface area contributed by atoms with Crippen molar-refractivity contribution in [2.24, 2.45) is 0 Å². The van der Waals surface area contributed by atoms with Crippen LogP contribution in [-0.2, 0) is 14.3 Å². The molecular weight excluding hydrogens is 392 g/mol. The highest BCUT2D eigenvalue weighted by Crippen LogP contribution is 2.17. The minimum atomic E-state index is -0.450. The zero-order chi connectivity index (χ0) is 22.2. The summed E-state index contributed by atoms with van der Waals surface area (Å²) in [6.45, 7) is 5.46. The van der Waals surface area contributed by atoms with Gasteiger partial charge in [0.2, 0.25) is 0 Å². The van der Waals surface area contributed by atoms with E-state index in [0.717, 1.165) is 31.9 Å². The molecule has 1 amide bonds. The Kier molecular flexibility index (Phi) is 7.89. The smallest absolute Gasteiger partial charge is 0.303 e. The number of nitrogens with one attached hydrogen (secondary N) is 2. The number of hydrogen-bond donors (Lipinski definition) is 2. The molecule has 1 atom stereocenters. The molecule has 3 rings (SSSR count). The van der Waals surface area contributed by atoms with Crippen molar-refractivity contribution >= 4 is 23.3 Å². The van der Waals surface area contributed by atoms with Gasteiger partial charge in [0.25, 0.3) is 5.91 Å². The van der Waals surface area contributed by atoms with Crippen LogP contribution < -0.4 is 20.0 Å². The first-order valence-corrected chi connectivity index (χ1v) is 10.8. The summed E-state index contributed by atoms with van der Waals surface area (Å²) < 4.78 is 4.82. The van der Waals surface area contributed by atoms with Crippen LogP contribution in [0.2, 0.25) is 0 Å². The highest BCUT2D eigenvalue weighted by atomic mass is 16.5. The van der Waals surface area contributed by atoms with Crippen molar-refractivity contribution in [1.29, 1.82) is 0 Å². The highest BCUT2D eigenvalue weighted by Gasteiger charge is 2.29. The molecule has 2 aromatic rings. The van der Waals surface area contributed by atoms with Crippen LogP contribution in [0, 0.1) is 0 Å². The number of nitrogens with zero attached hydrogens (tertiary/aromatic N) is 2. The molecule has 1 aliphatic rings. The summed E-state index contributed by atoms with van der Waals surface area (Å²) in [6, 6.07) is 19.1. The van der Waals surface area contributed by atoms with Crippen LogP contribution in [-0.4, -0.2) is 65.3 Å². The normalized spacial score (nSPS) is 15.3. The summed E-state index contributed by atoms with van der Waals surface area (Å²) in [6.07, 6.45) is 0. The Bertz CT molecular complexity index is 847. The lowest BCUT2D eigenvalue weighted by Gasteiger charge is -2.38. The third-order valence-corrected chi connectivity index (χ3v) is 5.74. The fraction of sp³-hybridized carbons (Fsp3) is 0.417. The fourth-order valence-corrected chi connectivity index (χ4v) is 3.98. The molecule has 1 heterocycles. The van der Waals surface area contributed by atoms with E-state index in [4.69, 9.17) is 4.74 Å². The number of carbonyl (C=O) groups is 2. The van der Waals surface area contributed by atoms with Gasteiger partial charge in [-0.05, 0) is 24.3 Å². The number of hydrogen-bond acceptors (Lipinski definition) is 5. The van der Waals surface area contributed by atoms with Gasteiger partial charge in [0.15, 0.2) is 6.61 Å². The predicted octanol–water partition coefficient (Wildman–Crippen LogP) is 0.878. The van der Waals surface area contributed by atoms with E-state index in [-0.39, 0.29) is 18.6 Å². The van der Waals surface area contributed by atoms with Crippen molar-refractivity contribution in [2.45, 2.75) is 13.0 Å². The van der Waals surface area contributed by atoms with Gasteiger partial charge in [-0.25, -0.2) is 0 Å². The molecule has 166 valence electrons. The van der Waals surface area contributed by atoms with Crippen LogP contribution in [0.25, 0.3) is 0 Å². The molecule has 1 fully saturated rings. The van der Waals surface area contributed by atoms with Crippen molar-refractivity contribution in [3.05, 3.63) is 60.2 Å². The Labute approximate surface area is 184 Å². The van der Waals surface area contributed by atoms with E-state index < -0.39 is 5.97 Å². The largest absolute Gasteiger partial charge is 0.456 e. The van der Waals surface area contributed by atoms with E-state index >= 15 is 0 Å². The summed E-state index contributed by atoms with van der Waals surface area (Å²) in [4.78, 5) is 29.0. The minimum Gasteiger partial charge on any atom is -0.456 e. The van der Waals surface area contributed by atoms with E-state index in [0.29, 0.717) is 6.54 Å². The molecule has 0 saturated carbocycles. The second-order valence-electron chi connectivity index (χ2n) is 8.10. The number of benzene rings is 2. The third-order valence-electron chi connectivity index (χ3n) is 5.74. The standard InChI is InChI=1S/C24H32N4O3/c1-19(29)31-18-24(30)25-17-23(20-9-11-21(12-10-20)26(2)3)28-15-13-27(14-16-28)22-7-5-4-6-8-22/h4-12,23H,13-18H2,1-3H3,(H,25,30)/p+1/t23-/m0/s1. The molecular formula is C24H33N4O3+. The van der Waals surface area contributed by atoms with Crippen molar-refractivity contribution in [3.63, 3.8) is 0 Å². The molecule has 0 bridgehead atoms. The lowest BCUT2D eigenvalue weighted by Crippen LogP contribution is -3.15. The van der Waals surface area contributed by atoms with Crippen LogP contribution in [0.4, 0.5) is 11.4 Å². The zero-order valence-electron chi connectivity index (χ0n) is 18.6. The first-order chi connectivity index (χ1) is 14.9. The van der Waals surface area contributed by atoms with Gasteiger partial charge in [0.1, 0.15) is 6.04 Å². The molecule has 0 aromatic heterocycles. The van der Waals surface area contributed by atoms with Crippen LogP contribution in [0.5, 0.6) is 0 Å². The van der Waals surface area contributed by atoms with E-state index in [1.165, 1.54) is 23.1 Å². The molecule has 0 aliphatic carbocycles. The predicted molar refractivity (Wildman–Crippen MR) is 123 cm³/mol. The highest BCUT2D eigenvalue weighted by molar-refractivity contribution is 5.79. The number of amides is 1. The van der Waals surface area contributed by atoms with Gasteiger partial charge in [-0.15, -0.1) is 0 Å². The average Bonchev–Trinajstić information content (AvgIpc) is 2.79. The molecule has 1 saturated heterocycles. The van der Waals surface area contributed by atoms with Crippen LogP contribution in [0.3, 0.4) is 0 Å². The van der Waals surface area contributed by atoms with Gasteiger partial charge in [0.05, 0.1) is 32.7 Å². The molecule has 7 heteroatoms. The monoisotopic (exact) mass is 425 g/mol. The molecule has 0 spiro atoms. The lowest BCUT2D eigenvalue weighted by atomic mass is 10.0. The van der Waals surface area contributed by atoms with E-state index in [9.17, 15) is 9.59 Å². The molecule has 31 heavy (non-hydrogen) atoms. The number of carbonyl (C=O) groups excluding carboxylic acids is 2. The maximum Gasteiger partial charge on any atom is 0.303 e. The van der Waals surface area contributed by atoms with Crippen LogP contribution in [0.1, 0.15) is 18.5 Å². The van der Waals surface area contributed by atoms with Gasteiger partial charge >= 0.3 is 5.97 Å². The van der Waals surface area contributed by atoms with Gasteiger partial charge < -0.3 is 24.8 Å². The topological polar surface area (TPSA) is 66.3 Å². The maximum atomic E-state index is 12.1. The van der Waals surface area contributed by atoms with Gasteiger partial charge in [-0.1, -0.05) is 30.3 Å². The molecule has 0 unspecified atom stereocenters. The summed E-state index contributed by atoms with van der Waals surface area (Å²) >= 11 is 0. The Hall–Kier alpha value is -3.06. The van der Waals surface area contributed by atoms with Gasteiger partial charge in [-0.3, -0.25) is 9.59 Å². The number of esters is 1. The Balaban J connectivity index is 1.68. The molecule has 7 nitrogen and oxygen atoms in total. The second kappa shape index (κ2) is 10.8. The summed E-state index contributed by atoms with van der Waals surface area (Å²) in [7, 11) is 4.05. The number of anilines is 2. The third kappa shape index (κ3) is 6.46. The summed E-state index contributed by atoms with van der Waals surface area (Å²) in [5, 5.41) is 2.95. The maximum absolute atomic E-state index is 12.1. The van der Waals surface area contributed by atoms with Gasteiger partial charge in [0, 0.05) is 38.0 Å². The van der Waals surface area contributed by atoms with Crippen molar-refractivity contribution in [3.8, 4) is 0 Å². The second-order valence-corrected chi connectivity index (χ2v) is 8.10. The zero-order valence-corrected chi connectivity index (χ0v) is 18.6. The summed E-state index contributed by atoms with van der Waals surface area (Å²) in [5.41, 5.74) is 3.59. The van der Waals surface area contributed by atoms with Crippen molar-refractivity contribution in [1.82, 2.24) is 5.32 Å².